The first-order chi connectivity index (χ1) is 11.5. The molecule has 0 saturated carbocycles. The summed E-state index contributed by atoms with van der Waals surface area (Å²) in [6, 6.07) is 5.74. The van der Waals surface area contributed by atoms with E-state index >= 15 is 0 Å². The molecule has 1 aromatic rings. The van der Waals surface area contributed by atoms with Crippen molar-refractivity contribution in [2.24, 2.45) is 11.8 Å². The molecule has 1 saturated heterocycles. The van der Waals surface area contributed by atoms with Gasteiger partial charge in [-0.05, 0) is 44.7 Å². The lowest BCUT2D eigenvalue weighted by Crippen LogP contribution is -2.44. The number of nitrogens with one attached hydrogen (secondary N) is 1. The third-order valence-corrected chi connectivity index (χ3v) is 4.69. The number of nitrogens with zero attached hydrogens (tertiary/aromatic N) is 3. The van der Waals surface area contributed by atoms with Crippen LogP contribution in [0.4, 0.5) is 5.82 Å². The molecule has 0 aromatic carbocycles. The van der Waals surface area contributed by atoms with Crippen molar-refractivity contribution in [1.29, 1.82) is 5.26 Å². The van der Waals surface area contributed by atoms with Crippen LogP contribution in [0.25, 0.3) is 0 Å². The first kappa shape index (κ1) is 18.2. The Labute approximate surface area is 143 Å². The van der Waals surface area contributed by atoms with Gasteiger partial charge in [0.15, 0.2) is 0 Å². The topological polar surface area (TPSA) is 78.3 Å². The molecule has 130 valence electrons. The second-order valence-corrected chi connectivity index (χ2v) is 6.49. The molecule has 1 unspecified atom stereocenters. The van der Waals surface area contributed by atoms with E-state index in [9.17, 15) is 10.1 Å². The predicted molar refractivity (Wildman–Crippen MR) is 92.4 cm³/mol. The number of hydrogen-bond acceptors (Lipinski definition) is 5. The third kappa shape index (κ3) is 4.45. The minimum atomic E-state index is -0.144. The van der Waals surface area contributed by atoms with E-state index in [0.29, 0.717) is 31.1 Å². The first-order valence-corrected chi connectivity index (χ1v) is 8.48. The third-order valence-electron chi connectivity index (χ3n) is 4.69. The van der Waals surface area contributed by atoms with E-state index in [-0.39, 0.29) is 23.8 Å². The van der Waals surface area contributed by atoms with Crippen LogP contribution in [0, 0.1) is 23.2 Å². The van der Waals surface area contributed by atoms with Gasteiger partial charge in [-0.25, -0.2) is 4.98 Å². The Morgan fingerprint density at radius 3 is 2.83 bits per heavy atom. The summed E-state index contributed by atoms with van der Waals surface area (Å²) in [5.41, 5.74) is 0.493. The number of amides is 1. The van der Waals surface area contributed by atoms with Crippen LogP contribution >= 0.6 is 0 Å². The molecule has 0 aliphatic carbocycles. The number of hydrogen-bond donors (Lipinski definition) is 1. The van der Waals surface area contributed by atoms with Gasteiger partial charge in [-0.15, -0.1) is 0 Å². The quantitative estimate of drug-likeness (QED) is 0.866. The zero-order valence-electron chi connectivity index (χ0n) is 14.7. The van der Waals surface area contributed by atoms with Gasteiger partial charge < -0.3 is 15.0 Å². The summed E-state index contributed by atoms with van der Waals surface area (Å²) in [5, 5.41) is 12.4. The molecule has 1 N–H and O–H groups in total. The monoisotopic (exact) mass is 330 g/mol. The van der Waals surface area contributed by atoms with Crippen LogP contribution in [0.3, 0.4) is 0 Å². The molecular weight excluding hydrogens is 304 g/mol. The van der Waals surface area contributed by atoms with Gasteiger partial charge in [-0.1, -0.05) is 0 Å². The highest BCUT2D eigenvalue weighted by Crippen LogP contribution is 2.26. The number of carbonyl (C=O) groups is 1. The van der Waals surface area contributed by atoms with Gasteiger partial charge in [-0.3, -0.25) is 4.79 Å². The van der Waals surface area contributed by atoms with Crippen LogP contribution in [0.15, 0.2) is 18.3 Å². The molecule has 1 aromatic heterocycles. The molecule has 24 heavy (non-hydrogen) atoms. The summed E-state index contributed by atoms with van der Waals surface area (Å²) in [6.07, 6.45) is 3.42. The summed E-state index contributed by atoms with van der Waals surface area (Å²) < 4.78 is 5.44. The zero-order valence-corrected chi connectivity index (χ0v) is 14.7. The number of pyridine rings is 1. The highest BCUT2D eigenvalue weighted by Gasteiger charge is 2.32. The van der Waals surface area contributed by atoms with Crippen LogP contribution in [0.1, 0.15) is 32.3 Å². The lowest BCUT2D eigenvalue weighted by Gasteiger charge is -2.34. The summed E-state index contributed by atoms with van der Waals surface area (Å²) >= 11 is 0. The SMILES string of the molecule is CC(C)N(C)C(=O)C(CNc1ncccc1C#N)C1CCOCC1. The second kappa shape index (κ2) is 8.65. The highest BCUT2D eigenvalue weighted by atomic mass is 16.5. The Morgan fingerprint density at radius 1 is 1.50 bits per heavy atom. The van der Waals surface area contributed by atoms with Crippen molar-refractivity contribution in [2.75, 3.05) is 32.1 Å². The van der Waals surface area contributed by atoms with Crippen LogP contribution in [0.5, 0.6) is 0 Å². The lowest BCUT2D eigenvalue weighted by molar-refractivity contribution is -0.138. The molecule has 2 heterocycles. The molecule has 6 heteroatoms. The van der Waals surface area contributed by atoms with Crippen molar-refractivity contribution in [2.45, 2.75) is 32.7 Å². The summed E-state index contributed by atoms with van der Waals surface area (Å²) in [5.74, 6) is 0.819. The van der Waals surface area contributed by atoms with Crippen molar-refractivity contribution in [1.82, 2.24) is 9.88 Å². The number of anilines is 1. The summed E-state index contributed by atoms with van der Waals surface area (Å²) in [7, 11) is 1.85. The van der Waals surface area contributed by atoms with Crippen molar-refractivity contribution in [3.63, 3.8) is 0 Å². The van der Waals surface area contributed by atoms with Crippen LogP contribution in [-0.4, -0.2) is 48.6 Å². The zero-order chi connectivity index (χ0) is 17.5. The van der Waals surface area contributed by atoms with Crippen LogP contribution < -0.4 is 5.32 Å². The smallest absolute Gasteiger partial charge is 0.227 e. The maximum Gasteiger partial charge on any atom is 0.227 e. The Bertz CT molecular complexity index is 591. The molecule has 1 aliphatic rings. The normalized spacial score (nSPS) is 16.5. The van der Waals surface area contributed by atoms with E-state index in [1.165, 1.54) is 0 Å². The largest absolute Gasteiger partial charge is 0.381 e. The number of carbonyl (C=O) groups excluding carboxylic acids is 1. The number of ether oxygens (including phenoxy) is 1. The van der Waals surface area contributed by atoms with E-state index in [1.807, 2.05) is 20.9 Å². The fourth-order valence-electron chi connectivity index (χ4n) is 2.93. The van der Waals surface area contributed by atoms with E-state index in [0.717, 1.165) is 12.8 Å². The first-order valence-electron chi connectivity index (χ1n) is 8.48. The fourth-order valence-corrected chi connectivity index (χ4v) is 2.93. The molecule has 1 atom stereocenters. The molecule has 1 amide bonds. The van der Waals surface area contributed by atoms with E-state index in [1.54, 1.807) is 23.2 Å². The molecule has 1 fully saturated rings. The Kier molecular flexibility index (Phi) is 6.56. The second-order valence-electron chi connectivity index (χ2n) is 6.49. The maximum absolute atomic E-state index is 12.9. The van der Waals surface area contributed by atoms with Crippen LogP contribution in [-0.2, 0) is 9.53 Å². The maximum atomic E-state index is 12.9. The van der Waals surface area contributed by atoms with Crippen molar-refractivity contribution in [3.05, 3.63) is 23.9 Å². The van der Waals surface area contributed by atoms with Gasteiger partial charge >= 0.3 is 0 Å². The molecule has 0 bridgehead atoms. The van der Waals surface area contributed by atoms with Gasteiger partial charge in [0.2, 0.25) is 5.91 Å². The van der Waals surface area contributed by atoms with Gasteiger partial charge in [0, 0.05) is 39.0 Å². The van der Waals surface area contributed by atoms with E-state index < -0.39 is 0 Å². The fraction of sp³-hybridized carbons (Fsp3) is 0.611. The molecule has 0 spiro atoms. The molecular formula is C18H26N4O2. The average Bonchev–Trinajstić information content (AvgIpc) is 2.62. The minimum Gasteiger partial charge on any atom is -0.381 e. The standard InChI is InChI=1S/C18H26N4O2/c1-13(2)22(3)18(23)16(14-6-9-24-10-7-14)12-21-17-15(11-19)5-4-8-20-17/h4-5,8,13-14,16H,6-7,9-10,12H2,1-3H3,(H,20,21). The Hall–Kier alpha value is -2.13. The molecule has 1 aliphatic heterocycles. The Balaban J connectivity index is 2.13. The van der Waals surface area contributed by atoms with Crippen molar-refractivity contribution < 1.29 is 9.53 Å². The molecule has 0 radical (unpaired) electrons. The lowest BCUT2D eigenvalue weighted by atomic mass is 9.84. The number of aromatic nitrogens is 1. The van der Waals surface area contributed by atoms with Crippen molar-refractivity contribution in [3.8, 4) is 6.07 Å². The predicted octanol–water partition coefficient (Wildman–Crippen LogP) is 2.27. The van der Waals surface area contributed by atoms with Gasteiger partial charge in [0.05, 0.1) is 11.5 Å². The summed E-state index contributed by atoms with van der Waals surface area (Å²) in [6.45, 7) is 5.91. The van der Waals surface area contributed by atoms with Gasteiger partial charge in [0.1, 0.15) is 11.9 Å². The van der Waals surface area contributed by atoms with E-state index in [2.05, 4.69) is 16.4 Å². The average molecular weight is 330 g/mol. The highest BCUT2D eigenvalue weighted by molar-refractivity contribution is 5.80. The minimum absolute atomic E-state index is 0.138. The summed E-state index contributed by atoms with van der Waals surface area (Å²) in [4.78, 5) is 18.9. The van der Waals surface area contributed by atoms with E-state index in [4.69, 9.17) is 4.74 Å². The van der Waals surface area contributed by atoms with Gasteiger partial charge in [0.25, 0.3) is 0 Å². The molecule has 2 rings (SSSR count). The number of rotatable bonds is 6. The van der Waals surface area contributed by atoms with Crippen LogP contribution in [0.2, 0.25) is 0 Å². The molecule has 6 nitrogen and oxygen atoms in total. The Morgan fingerprint density at radius 2 is 2.21 bits per heavy atom. The van der Waals surface area contributed by atoms with Crippen molar-refractivity contribution >= 4 is 11.7 Å². The van der Waals surface area contributed by atoms with Gasteiger partial charge in [-0.2, -0.15) is 5.26 Å². The number of nitriles is 1.